The molecule has 4 heteroatoms. The Morgan fingerprint density at radius 3 is 1.55 bits per heavy atom. The summed E-state index contributed by atoms with van der Waals surface area (Å²) in [6.45, 7) is 21.1. The summed E-state index contributed by atoms with van der Waals surface area (Å²) in [5.74, 6) is 0. The summed E-state index contributed by atoms with van der Waals surface area (Å²) in [5, 5.41) is 10.2. The van der Waals surface area contributed by atoms with E-state index >= 15 is 0 Å². The van der Waals surface area contributed by atoms with Crippen LogP contribution in [0.25, 0.3) is 98.5 Å². The number of furan rings is 1. The third-order valence-electron chi connectivity index (χ3n) is 14.6. The second-order valence-corrected chi connectivity index (χ2v) is 21.8. The fourth-order valence-electron chi connectivity index (χ4n) is 11.3. The molecule has 0 saturated carbocycles. The predicted molar refractivity (Wildman–Crippen MR) is 282 cm³/mol. The van der Waals surface area contributed by atoms with E-state index < -0.39 is 0 Å². The Bertz CT molecular complexity index is 4030. The van der Waals surface area contributed by atoms with Crippen LogP contribution in [0.3, 0.4) is 0 Å². The van der Waals surface area contributed by atoms with Gasteiger partial charge in [0, 0.05) is 65.7 Å². The van der Waals surface area contributed by atoms with E-state index in [2.05, 4.69) is 234 Å². The quantitative estimate of drug-likeness (QED) is 0.176. The van der Waals surface area contributed by atoms with Gasteiger partial charge in [0.2, 0.25) is 0 Å². The lowest BCUT2D eigenvalue weighted by atomic mass is 9.82. The van der Waals surface area contributed by atoms with Crippen LogP contribution in [0, 0.1) is 0 Å². The van der Waals surface area contributed by atoms with Crippen LogP contribution in [0.15, 0.2) is 162 Å². The summed E-state index contributed by atoms with van der Waals surface area (Å²) in [6.07, 6.45) is 0. The van der Waals surface area contributed by atoms with E-state index in [1.54, 1.807) is 0 Å². The first kappa shape index (κ1) is 39.1. The minimum absolute atomic E-state index is 0.0668. The Labute approximate surface area is 385 Å². The third kappa shape index (κ3) is 5.33. The summed E-state index contributed by atoms with van der Waals surface area (Å²) in [4.78, 5) is 2.34. The summed E-state index contributed by atoms with van der Waals surface area (Å²) < 4.78 is 12.0. The molecule has 8 aromatic carbocycles. The van der Waals surface area contributed by atoms with Crippen LogP contribution in [0.5, 0.6) is 0 Å². The Morgan fingerprint density at radius 1 is 0.394 bits per heavy atom. The van der Waals surface area contributed by atoms with Gasteiger partial charge in [0.25, 0.3) is 0 Å². The molecule has 0 aliphatic rings. The molecule has 0 N–H and O–H groups in total. The Hall–Kier alpha value is -7.30. The Kier molecular flexibility index (Phi) is 7.80. The summed E-state index contributed by atoms with van der Waals surface area (Å²) in [7, 11) is 0. The second kappa shape index (κ2) is 13.2. The number of hydrogen-bond acceptors (Lipinski definition) is 2. The first-order valence-corrected chi connectivity index (χ1v) is 23.5. The van der Waals surface area contributed by atoms with Gasteiger partial charge in [-0.25, -0.2) is 0 Å². The maximum absolute atomic E-state index is 6.83. The van der Waals surface area contributed by atoms with E-state index in [9.17, 15) is 0 Å². The molecule has 0 bridgehead atoms. The van der Waals surface area contributed by atoms with Gasteiger partial charge in [0.05, 0.1) is 27.6 Å². The van der Waals surface area contributed by atoms with E-state index in [0.29, 0.717) is 0 Å². The van der Waals surface area contributed by atoms with E-state index in [0.717, 1.165) is 39.1 Å². The number of hydrogen-bond donors (Lipinski definition) is 0. The molecule has 13 aromatic rings. The van der Waals surface area contributed by atoms with Crippen LogP contribution < -0.4 is 4.90 Å². The zero-order valence-corrected chi connectivity index (χ0v) is 39.3. The summed E-state index contributed by atoms with van der Waals surface area (Å²) in [5.41, 5.74) is 18.9. The number of anilines is 3. The number of aromatic nitrogens is 2. The zero-order valence-electron chi connectivity index (χ0n) is 39.3. The van der Waals surface area contributed by atoms with Crippen molar-refractivity contribution in [2.75, 3.05) is 4.90 Å². The fourth-order valence-corrected chi connectivity index (χ4v) is 11.3. The number of benzene rings is 8. The SMILES string of the molecule is CC(C)(C)c1cc(-c2ccc(N(c3ccccc3)c3ccccc3)cc2)c2c(c1)c1cc(C(C)(C)C)cc3c4c5c6ccc(C(C)(C)C)c7c8oc9ccccc9c8n(c5ccc4n2c13)c67. The highest BCUT2D eigenvalue weighted by atomic mass is 16.3. The van der Waals surface area contributed by atoms with E-state index in [-0.39, 0.29) is 16.2 Å². The van der Waals surface area contributed by atoms with Gasteiger partial charge in [-0.3, -0.25) is 0 Å². The smallest absolute Gasteiger partial charge is 0.161 e. The lowest BCUT2D eigenvalue weighted by Gasteiger charge is -2.26. The summed E-state index contributed by atoms with van der Waals surface area (Å²) >= 11 is 0. The Balaban J connectivity index is 1.16. The number of fused-ring (bicyclic) bond motifs is 15. The minimum atomic E-state index is -0.0836. The number of nitrogens with zero attached hydrogens (tertiary/aromatic N) is 3. The predicted octanol–water partition coefficient (Wildman–Crippen LogP) is 17.8. The number of para-hydroxylation sites is 3. The van der Waals surface area contributed by atoms with Crippen molar-refractivity contribution < 1.29 is 4.42 Å². The molecule has 5 aromatic heterocycles. The largest absolute Gasteiger partial charge is 0.454 e. The highest BCUT2D eigenvalue weighted by molar-refractivity contribution is 6.37. The van der Waals surface area contributed by atoms with Crippen molar-refractivity contribution in [1.82, 2.24) is 8.80 Å². The first-order valence-electron chi connectivity index (χ1n) is 23.5. The molecule has 4 nitrogen and oxygen atoms in total. The molecule has 0 amide bonds. The average molecular weight is 856 g/mol. The lowest BCUT2D eigenvalue weighted by Crippen LogP contribution is -2.11. The molecule has 322 valence electrons. The van der Waals surface area contributed by atoms with Crippen LogP contribution in [-0.4, -0.2) is 8.80 Å². The lowest BCUT2D eigenvalue weighted by molar-refractivity contribution is 0.591. The van der Waals surface area contributed by atoms with E-state index in [1.807, 2.05) is 0 Å². The topological polar surface area (TPSA) is 25.2 Å². The van der Waals surface area contributed by atoms with Gasteiger partial charge in [-0.1, -0.05) is 135 Å². The molecule has 0 unspecified atom stereocenters. The van der Waals surface area contributed by atoms with Gasteiger partial charge in [-0.2, -0.15) is 0 Å². The standard InChI is InChI=1S/C62H53N3O/c1-60(2,3)37-32-44(36-24-26-41(27-25-36)63(39-18-12-10-13-19-39)40-20-14-11-15-21-40)55-45(33-37)46-34-38(61(4,5)6)35-47-53-50(64(55)56(46)47)31-30-49-52(53)43-28-29-48(62(7,8)9)54-57(43)65(49)58-42-22-16-17-23-51(42)66-59(54)58/h10-35H,1-9H3. The van der Waals surface area contributed by atoms with Crippen molar-refractivity contribution in [3.05, 3.63) is 174 Å². The minimum Gasteiger partial charge on any atom is -0.454 e. The van der Waals surface area contributed by atoms with E-state index in [1.165, 1.54) is 93.1 Å². The molecule has 0 fully saturated rings. The molecule has 66 heavy (non-hydrogen) atoms. The van der Waals surface area contributed by atoms with Gasteiger partial charge in [0.1, 0.15) is 11.1 Å². The molecule has 0 saturated heterocycles. The molecular formula is C62H53N3O. The van der Waals surface area contributed by atoms with E-state index in [4.69, 9.17) is 4.42 Å². The highest BCUT2D eigenvalue weighted by Gasteiger charge is 2.32. The normalized spacial score (nSPS) is 13.2. The van der Waals surface area contributed by atoms with Crippen LogP contribution >= 0.6 is 0 Å². The fraction of sp³-hybridized carbons (Fsp3) is 0.194. The maximum atomic E-state index is 6.83. The van der Waals surface area contributed by atoms with Crippen LogP contribution in [-0.2, 0) is 16.2 Å². The van der Waals surface area contributed by atoms with Crippen molar-refractivity contribution in [3.8, 4) is 11.1 Å². The van der Waals surface area contributed by atoms with Crippen LogP contribution in [0.4, 0.5) is 17.1 Å². The van der Waals surface area contributed by atoms with Crippen molar-refractivity contribution in [1.29, 1.82) is 0 Å². The number of rotatable bonds is 4. The first-order chi connectivity index (χ1) is 31.7. The molecule has 0 atom stereocenters. The van der Waals surface area contributed by atoms with Gasteiger partial charge in [-0.05, 0) is 123 Å². The van der Waals surface area contributed by atoms with Crippen LogP contribution in [0.1, 0.15) is 79.0 Å². The third-order valence-corrected chi connectivity index (χ3v) is 14.6. The summed E-state index contributed by atoms with van der Waals surface area (Å²) in [6, 6.07) is 58.7. The molecular weight excluding hydrogens is 803 g/mol. The van der Waals surface area contributed by atoms with Gasteiger partial charge in [-0.15, -0.1) is 0 Å². The van der Waals surface area contributed by atoms with Crippen molar-refractivity contribution in [2.45, 2.75) is 78.6 Å². The second-order valence-electron chi connectivity index (χ2n) is 21.8. The molecule has 13 rings (SSSR count). The molecule has 0 spiro atoms. The molecule has 5 heterocycles. The van der Waals surface area contributed by atoms with Crippen molar-refractivity contribution in [2.24, 2.45) is 0 Å². The molecule has 0 aliphatic heterocycles. The van der Waals surface area contributed by atoms with Gasteiger partial charge >= 0.3 is 0 Å². The Morgan fingerprint density at radius 2 is 0.924 bits per heavy atom. The average Bonchev–Trinajstić information content (AvgIpc) is 4.09. The highest BCUT2D eigenvalue weighted by Crippen LogP contribution is 2.52. The maximum Gasteiger partial charge on any atom is 0.161 e. The monoisotopic (exact) mass is 855 g/mol. The van der Waals surface area contributed by atoms with Gasteiger partial charge in [0.15, 0.2) is 5.58 Å². The molecule has 0 aliphatic carbocycles. The molecule has 0 radical (unpaired) electrons. The van der Waals surface area contributed by atoms with Crippen molar-refractivity contribution in [3.63, 3.8) is 0 Å². The van der Waals surface area contributed by atoms with Gasteiger partial charge < -0.3 is 18.1 Å². The van der Waals surface area contributed by atoms with Crippen LogP contribution in [0.2, 0.25) is 0 Å². The van der Waals surface area contributed by atoms with Crippen molar-refractivity contribution >= 4 is 104 Å². The zero-order chi connectivity index (χ0) is 45.2.